The Kier molecular flexibility index (Phi) is 8.70. The summed E-state index contributed by atoms with van der Waals surface area (Å²) < 4.78 is 18.8. The van der Waals surface area contributed by atoms with Crippen LogP contribution >= 0.6 is 0 Å². The number of rotatable bonds is 9. The minimum absolute atomic E-state index is 0.252. The van der Waals surface area contributed by atoms with E-state index in [2.05, 4.69) is 15.3 Å². The minimum atomic E-state index is -1.05. The molecule has 1 aliphatic carbocycles. The van der Waals surface area contributed by atoms with Gasteiger partial charge >= 0.3 is 11.9 Å². The second-order valence-electron chi connectivity index (χ2n) is 9.77. The van der Waals surface area contributed by atoms with Crippen LogP contribution in [-0.4, -0.2) is 67.4 Å². The number of imidazole rings is 1. The number of carbonyl (C=O) groups is 3. The van der Waals surface area contributed by atoms with E-state index >= 15 is 0 Å². The zero-order chi connectivity index (χ0) is 26.5. The molecule has 2 fully saturated rings. The summed E-state index contributed by atoms with van der Waals surface area (Å²) in [5, 5.41) is 12.7. The molecule has 202 valence electrons. The Balaban J connectivity index is 1.74. The van der Waals surface area contributed by atoms with Gasteiger partial charge in [-0.05, 0) is 12.3 Å². The number of esters is 2. The van der Waals surface area contributed by atoms with Gasteiger partial charge in [0.2, 0.25) is 5.91 Å². The van der Waals surface area contributed by atoms with Crippen molar-refractivity contribution in [2.24, 2.45) is 5.92 Å². The van der Waals surface area contributed by atoms with Crippen LogP contribution in [0.3, 0.4) is 0 Å². The molecule has 4 atom stereocenters. The first kappa shape index (κ1) is 26.9. The molecule has 12 nitrogen and oxygen atoms in total. The lowest BCUT2D eigenvalue weighted by atomic mass is 9.86. The van der Waals surface area contributed by atoms with Crippen LogP contribution in [0.1, 0.15) is 77.8 Å². The molecule has 1 aliphatic heterocycles. The number of hydrogen-bond donors (Lipinski definition) is 2. The standard InChI is InChI=1S/C25H35N5O7/c1-14(32)28-23-20-24(27-13-26-23)30(19(29-20)11-7-10-17-8-5-4-6-9-17)25-22(36-16(3)34)21(35-15(2)33)18(12-31)37-25/h13,17-18,21-22,25,31H,4-12H2,1-3H3,(H,26,27,28,32)/t18-,21-,22-,25-/m1/s1. The van der Waals surface area contributed by atoms with Crippen molar-refractivity contribution in [2.45, 2.75) is 96.7 Å². The van der Waals surface area contributed by atoms with Gasteiger partial charge in [0.15, 0.2) is 35.4 Å². The summed E-state index contributed by atoms with van der Waals surface area (Å²) >= 11 is 0. The van der Waals surface area contributed by atoms with Gasteiger partial charge in [0.05, 0.1) is 6.61 Å². The molecular weight excluding hydrogens is 482 g/mol. The van der Waals surface area contributed by atoms with E-state index in [4.69, 9.17) is 19.2 Å². The van der Waals surface area contributed by atoms with Gasteiger partial charge < -0.3 is 24.6 Å². The van der Waals surface area contributed by atoms with Gasteiger partial charge in [-0.1, -0.05) is 38.5 Å². The third-order valence-electron chi connectivity index (χ3n) is 6.91. The van der Waals surface area contributed by atoms with Crippen molar-refractivity contribution in [3.05, 3.63) is 12.2 Å². The molecule has 1 amide bonds. The Bertz CT molecular complexity index is 1130. The molecule has 0 bridgehead atoms. The largest absolute Gasteiger partial charge is 0.456 e. The van der Waals surface area contributed by atoms with Crippen molar-refractivity contribution in [1.29, 1.82) is 0 Å². The van der Waals surface area contributed by atoms with E-state index in [0.717, 1.165) is 12.8 Å². The number of nitrogens with zero attached hydrogens (tertiary/aromatic N) is 4. The van der Waals surface area contributed by atoms with Crippen LogP contribution in [0.2, 0.25) is 0 Å². The maximum atomic E-state index is 12.0. The van der Waals surface area contributed by atoms with Crippen molar-refractivity contribution >= 4 is 34.8 Å². The minimum Gasteiger partial charge on any atom is -0.456 e. The first-order valence-corrected chi connectivity index (χ1v) is 12.9. The number of anilines is 1. The van der Waals surface area contributed by atoms with Crippen molar-refractivity contribution < 1.29 is 33.7 Å². The number of nitrogens with one attached hydrogen (secondary N) is 1. The number of aromatic nitrogens is 4. The van der Waals surface area contributed by atoms with Crippen LogP contribution in [0.15, 0.2) is 6.33 Å². The summed E-state index contributed by atoms with van der Waals surface area (Å²) in [4.78, 5) is 49.0. The normalized spacial score (nSPS) is 24.2. The second-order valence-corrected chi connectivity index (χ2v) is 9.77. The number of hydrogen-bond acceptors (Lipinski definition) is 10. The third kappa shape index (κ3) is 6.24. The highest BCUT2D eigenvalue weighted by atomic mass is 16.6. The van der Waals surface area contributed by atoms with Gasteiger partial charge in [-0.25, -0.2) is 15.0 Å². The van der Waals surface area contributed by atoms with E-state index in [1.165, 1.54) is 59.2 Å². The average molecular weight is 518 g/mol. The van der Waals surface area contributed by atoms with E-state index in [1.54, 1.807) is 4.57 Å². The molecule has 0 unspecified atom stereocenters. The number of aliphatic hydroxyl groups is 1. The van der Waals surface area contributed by atoms with Gasteiger partial charge in [-0.3, -0.25) is 19.0 Å². The molecular formula is C25H35N5O7. The van der Waals surface area contributed by atoms with Crippen LogP contribution in [-0.2, 0) is 35.0 Å². The topological polar surface area (TPSA) is 155 Å². The molecule has 37 heavy (non-hydrogen) atoms. The molecule has 2 N–H and O–H groups in total. The number of aryl methyl sites for hydroxylation is 1. The molecule has 2 aromatic rings. The molecule has 2 aromatic heterocycles. The Hall–Kier alpha value is -3.12. The summed E-state index contributed by atoms with van der Waals surface area (Å²) in [5.41, 5.74) is 0.737. The zero-order valence-electron chi connectivity index (χ0n) is 21.5. The summed E-state index contributed by atoms with van der Waals surface area (Å²) in [6, 6.07) is 0. The van der Waals surface area contributed by atoms with Crippen molar-refractivity contribution in [3.8, 4) is 0 Å². The fourth-order valence-corrected chi connectivity index (χ4v) is 5.39. The summed E-state index contributed by atoms with van der Waals surface area (Å²) in [6.07, 6.45) is 6.13. The first-order chi connectivity index (χ1) is 17.8. The van der Waals surface area contributed by atoms with Gasteiger partial charge in [0, 0.05) is 27.2 Å². The number of aliphatic hydroxyl groups excluding tert-OH is 1. The van der Waals surface area contributed by atoms with Crippen LogP contribution < -0.4 is 5.32 Å². The molecule has 3 heterocycles. The van der Waals surface area contributed by atoms with Crippen LogP contribution in [0, 0.1) is 5.92 Å². The summed E-state index contributed by atoms with van der Waals surface area (Å²) in [7, 11) is 0. The maximum Gasteiger partial charge on any atom is 0.303 e. The first-order valence-electron chi connectivity index (χ1n) is 12.9. The summed E-state index contributed by atoms with van der Waals surface area (Å²) in [6.45, 7) is 3.41. The summed E-state index contributed by atoms with van der Waals surface area (Å²) in [5.74, 6) is 0.0558. The quantitative estimate of drug-likeness (QED) is 0.474. The predicted octanol–water partition coefficient (Wildman–Crippen LogP) is 2.44. The fourth-order valence-electron chi connectivity index (χ4n) is 5.39. The van der Waals surface area contributed by atoms with E-state index in [1.807, 2.05) is 0 Å². The molecule has 4 rings (SSSR count). The van der Waals surface area contributed by atoms with E-state index in [-0.39, 0.29) is 11.7 Å². The molecule has 1 saturated heterocycles. The molecule has 0 spiro atoms. The Morgan fingerprint density at radius 2 is 1.78 bits per heavy atom. The third-order valence-corrected chi connectivity index (χ3v) is 6.91. The van der Waals surface area contributed by atoms with E-state index in [0.29, 0.717) is 29.3 Å². The van der Waals surface area contributed by atoms with Gasteiger partial charge in [0.1, 0.15) is 18.3 Å². The monoisotopic (exact) mass is 517 g/mol. The SMILES string of the molecule is CC(=O)Nc1ncnc2c1nc(CCCC1CCCCC1)n2[C@@H]1O[C@H](CO)[C@@H](OC(C)=O)[C@H]1OC(C)=O. The molecule has 0 radical (unpaired) electrons. The molecule has 1 saturated carbocycles. The lowest BCUT2D eigenvalue weighted by molar-refractivity contribution is -0.165. The van der Waals surface area contributed by atoms with Crippen LogP contribution in [0.5, 0.6) is 0 Å². The predicted molar refractivity (Wildman–Crippen MR) is 131 cm³/mol. The maximum absolute atomic E-state index is 12.0. The highest BCUT2D eigenvalue weighted by molar-refractivity contribution is 5.95. The average Bonchev–Trinajstić information content (AvgIpc) is 3.37. The molecule has 0 aromatic carbocycles. The van der Waals surface area contributed by atoms with Crippen molar-refractivity contribution in [3.63, 3.8) is 0 Å². The highest BCUT2D eigenvalue weighted by Crippen LogP contribution is 2.38. The number of carbonyl (C=O) groups excluding carboxylic acids is 3. The Morgan fingerprint density at radius 1 is 1.08 bits per heavy atom. The van der Waals surface area contributed by atoms with Crippen molar-refractivity contribution in [2.75, 3.05) is 11.9 Å². The Labute approximate surface area is 215 Å². The molecule has 2 aliphatic rings. The highest BCUT2D eigenvalue weighted by Gasteiger charge is 2.51. The lowest BCUT2D eigenvalue weighted by Crippen LogP contribution is -2.40. The Morgan fingerprint density at radius 3 is 2.43 bits per heavy atom. The van der Waals surface area contributed by atoms with Crippen LogP contribution in [0.25, 0.3) is 11.2 Å². The van der Waals surface area contributed by atoms with Gasteiger partial charge in [-0.15, -0.1) is 0 Å². The zero-order valence-corrected chi connectivity index (χ0v) is 21.5. The number of fused-ring (bicyclic) bond motifs is 1. The fraction of sp³-hybridized carbons (Fsp3) is 0.680. The smallest absolute Gasteiger partial charge is 0.303 e. The van der Waals surface area contributed by atoms with Crippen molar-refractivity contribution in [1.82, 2.24) is 19.5 Å². The van der Waals surface area contributed by atoms with E-state index < -0.39 is 43.1 Å². The lowest BCUT2D eigenvalue weighted by Gasteiger charge is -2.25. The van der Waals surface area contributed by atoms with Gasteiger partial charge in [-0.2, -0.15) is 0 Å². The number of amides is 1. The molecule has 12 heteroatoms. The second kappa shape index (κ2) is 12.0. The van der Waals surface area contributed by atoms with E-state index in [9.17, 15) is 19.5 Å². The van der Waals surface area contributed by atoms with Gasteiger partial charge in [0.25, 0.3) is 0 Å². The van der Waals surface area contributed by atoms with Crippen LogP contribution in [0.4, 0.5) is 5.82 Å². The number of ether oxygens (including phenoxy) is 3.